The highest BCUT2D eigenvalue weighted by Crippen LogP contribution is 2.05. The molecule has 120 valence electrons. The van der Waals surface area contributed by atoms with Gasteiger partial charge in [0.2, 0.25) is 0 Å². The Morgan fingerprint density at radius 3 is 2.58 bits per heavy atom. The molecule has 7 heteroatoms. The van der Waals surface area contributed by atoms with Crippen LogP contribution in [0.5, 0.6) is 0 Å². The predicted octanol–water partition coefficient (Wildman–Crippen LogP) is 1.81. The van der Waals surface area contributed by atoms with Gasteiger partial charge in [0.1, 0.15) is 11.5 Å². The second-order valence-corrected chi connectivity index (χ2v) is 5.01. The number of hydrogen-bond acceptors (Lipinski definition) is 6. The summed E-state index contributed by atoms with van der Waals surface area (Å²) in [6, 6.07) is 9.38. The number of nitrogens with zero attached hydrogens (tertiary/aromatic N) is 4. The molecule has 0 radical (unpaired) electrons. The first kappa shape index (κ1) is 15.5. The molecule has 3 heterocycles. The third-order valence-corrected chi connectivity index (χ3v) is 3.24. The molecule has 0 spiro atoms. The van der Waals surface area contributed by atoms with Crippen LogP contribution < -0.4 is 10.6 Å². The predicted molar refractivity (Wildman–Crippen MR) is 89.0 cm³/mol. The van der Waals surface area contributed by atoms with E-state index in [4.69, 9.17) is 0 Å². The summed E-state index contributed by atoms with van der Waals surface area (Å²) >= 11 is 0. The van der Waals surface area contributed by atoms with Crippen LogP contribution >= 0.6 is 0 Å². The number of anilines is 1. The molecule has 0 fully saturated rings. The van der Waals surface area contributed by atoms with E-state index in [-0.39, 0.29) is 11.6 Å². The van der Waals surface area contributed by atoms with Gasteiger partial charge >= 0.3 is 0 Å². The Hall–Kier alpha value is -3.35. The summed E-state index contributed by atoms with van der Waals surface area (Å²) in [5.74, 6) is 0.312. The van der Waals surface area contributed by atoms with E-state index in [1.807, 2.05) is 30.3 Å². The third-order valence-electron chi connectivity index (χ3n) is 3.24. The van der Waals surface area contributed by atoms with Crippen molar-refractivity contribution in [2.24, 2.45) is 0 Å². The molecule has 0 aliphatic carbocycles. The van der Waals surface area contributed by atoms with Crippen LogP contribution in [0.3, 0.4) is 0 Å². The monoisotopic (exact) mass is 320 g/mol. The van der Waals surface area contributed by atoms with Crippen molar-refractivity contribution in [3.63, 3.8) is 0 Å². The fraction of sp³-hybridized carbons (Fsp3) is 0.118. The van der Waals surface area contributed by atoms with Crippen LogP contribution in [0.4, 0.5) is 5.82 Å². The summed E-state index contributed by atoms with van der Waals surface area (Å²) in [7, 11) is 0. The molecule has 0 aromatic carbocycles. The molecule has 0 saturated carbocycles. The van der Waals surface area contributed by atoms with Gasteiger partial charge in [-0.2, -0.15) is 0 Å². The van der Waals surface area contributed by atoms with Gasteiger partial charge in [0.25, 0.3) is 5.91 Å². The minimum Gasteiger partial charge on any atom is -0.365 e. The number of hydrogen-bond donors (Lipinski definition) is 2. The Labute approximate surface area is 139 Å². The summed E-state index contributed by atoms with van der Waals surface area (Å²) in [6.45, 7) is 0.941. The van der Waals surface area contributed by atoms with Crippen molar-refractivity contribution in [2.75, 3.05) is 5.32 Å². The average molecular weight is 320 g/mol. The molecule has 2 N–H and O–H groups in total. The van der Waals surface area contributed by atoms with E-state index in [1.54, 1.807) is 18.6 Å². The minimum atomic E-state index is -0.285. The number of amides is 1. The summed E-state index contributed by atoms with van der Waals surface area (Å²) in [6.07, 6.45) is 8.16. The van der Waals surface area contributed by atoms with E-state index in [1.165, 1.54) is 12.4 Å². The van der Waals surface area contributed by atoms with Crippen LogP contribution in [0, 0.1) is 0 Å². The van der Waals surface area contributed by atoms with E-state index < -0.39 is 0 Å². The molecule has 0 atom stereocenters. The van der Waals surface area contributed by atoms with E-state index in [0.29, 0.717) is 18.9 Å². The molecule has 0 bridgehead atoms. The third kappa shape index (κ3) is 4.33. The number of pyridine rings is 2. The fourth-order valence-corrected chi connectivity index (χ4v) is 2.00. The van der Waals surface area contributed by atoms with Gasteiger partial charge in [-0.1, -0.05) is 12.1 Å². The van der Waals surface area contributed by atoms with Crippen LogP contribution in [-0.4, -0.2) is 25.8 Å². The lowest BCUT2D eigenvalue weighted by Gasteiger charge is -2.06. The van der Waals surface area contributed by atoms with Crippen molar-refractivity contribution in [2.45, 2.75) is 13.1 Å². The lowest BCUT2D eigenvalue weighted by molar-refractivity contribution is 0.0945. The lowest BCUT2D eigenvalue weighted by Crippen LogP contribution is -2.24. The molecule has 7 nitrogen and oxygen atoms in total. The van der Waals surface area contributed by atoms with Gasteiger partial charge in [0.15, 0.2) is 0 Å². The number of nitrogens with one attached hydrogen (secondary N) is 2. The summed E-state index contributed by atoms with van der Waals surface area (Å²) < 4.78 is 0. The molecule has 3 aromatic rings. The SMILES string of the molecule is O=C(NCc1ccccn1)c1cnc(NCc2cccnc2)cn1. The maximum atomic E-state index is 12.0. The van der Waals surface area contributed by atoms with Crippen LogP contribution in [0.1, 0.15) is 21.7 Å². The van der Waals surface area contributed by atoms with Crippen molar-refractivity contribution in [1.29, 1.82) is 0 Å². The van der Waals surface area contributed by atoms with Gasteiger partial charge in [-0.3, -0.25) is 14.8 Å². The van der Waals surface area contributed by atoms with E-state index in [0.717, 1.165) is 11.3 Å². The van der Waals surface area contributed by atoms with E-state index in [9.17, 15) is 4.79 Å². The van der Waals surface area contributed by atoms with Crippen LogP contribution in [0.25, 0.3) is 0 Å². The van der Waals surface area contributed by atoms with Gasteiger partial charge in [-0.25, -0.2) is 9.97 Å². The maximum absolute atomic E-state index is 12.0. The zero-order chi connectivity index (χ0) is 16.6. The van der Waals surface area contributed by atoms with Crippen LogP contribution in [0.15, 0.2) is 61.3 Å². The van der Waals surface area contributed by atoms with Gasteiger partial charge in [0, 0.05) is 25.1 Å². The summed E-state index contributed by atoms with van der Waals surface area (Å²) in [4.78, 5) is 28.6. The fourth-order valence-electron chi connectivity index (χ4n) is 2.00. The minimum absolute atomic E-state index is 0.262. The van der Waals surface area contributed by atoms with Crippen molar-refractivity contribution in [3.8, 4) is 0 Å². The highest BCUT2D eigenvalue weighted by Gasteiger charge is 2.08. The van der Waals surface area contributed by atoms with Gasteiger partial charge < -0.3 is 10.6 Å². The average Bonchev–Trinajstić information content (AvgIpc) is 2.66. The van der Waals surface area contributed by atoms with Gasteiger partial charge in [-0.05, 0) is 23.8 Å². The number of carbonyl (C=O) groups excluding carboxylic acids is 1. The first-order valence-corrected chi connectivity index (χ1v) is 7.44. The molecule has 0 unspecified atom stereocenters. The Morgan fingerprint density at radius 2 is 1.88 bits per heavy atom. The normalized spacial score (nSPS) is 10.2. The first-order chi connectivity index (χ1) is 11.8. The Bertz CT molecular complexity index is 777. The van der Waals surface area contributed by atoms with Crippen molar-refractivity contribution in [1.82, 2.24) is 25.3 Å². The zero-order valence-corrected chi connectivity index (χ0v) is 12.9. The molecular weight excluding hydrogens is 304 g/mol. The number of rotatable bonds is 6. The highest BCUT2D eigenvalue weighted by molar-refractivity contribution is 5.91. The van der Waals surface area contributed by atoms with E-state index in [2.05, 4.69) is 30.6 Å². The second kappa shape index (κ2) is 7.77. The van der Waals surface area contributed by atoms with Gasteiger partial charge in [-0.15, -0.1) is 0 Å². The van der Waals surface area contributed by atoms with Crippen molar-refractivity contribution >= 4 is 11.7 Å². The molecule has 0 aliphatic rings. The smallest absolute Gasteiger partial charge is 0.271 e. The van der Waals surface area contributed by atoms with Crippen molar-refractivity contribution < 1.29 is 4.79 Å². The Kier molecular flexibility index (Phi) is 5.03. The molecular formula is C17H16N6O. The molecule has 3 rings (SSSR count). The maximum Gasteiger partial charge on any atom is 0.271 e. The summed E-state index contributed by atoms with van der Waals surface area (Å²) in [5.41, 5.74) is 2.09. The van der Waals surface area contributed by atoms with Crippen LogP contribution in [-0.2, 0) is 13.1 Å². The number of carbonyl (C=O) groups is 1. The highest BCUT2D eigenvalue weighted by atomic mass is 16.1. The van der Waals surface area contributed by atoms with E-state index >= 15 is 0 Å². The summed E-state index contributed by atoms with van der Waals surface area (Å²) in [5, 5.41) is 5.89. The van der Waals surface area contributed by atoms with Crippen LogP contribution in [0.2, 0.25) is 0 Å². The topological polar surface area (TPSA) is 92.7 Å². The standard InChI is InChI=1S/C17H16N6O/c24-17(23-10-14-5-1-2-7-19-14)15-11-22-16(12-20-15)21-9-13-4-3-6-18-8-13/h1-8,11-12H,9-10H2,(H,21,22)(H,23,24). The lowest BCUT2D eigenvalue weighted by atomic mass is 10.3. The number of aromatic nitrogens is 4. The Morgan fingerprint density at radius 1 is 0.917 bits per heavy atom. The first-order valence-electron chi connectivity index (χ1n) is 7.44. The molecule has 24 heavy (non-hydrogen) atoms. The zero-order valence-electron chi connectivity index (χ0n) is 12.9. The second-order valence-electron chi connectivity index (χ2n) is 5.01. The molecule has 0 saturated heterocycles. The molecule has 0 aliphatic heterocycles. The quantitative estimate of drug-likeness (QED) is 0.719. The molecule has 3 aromatic heterocycles. The largest absolute Gasteiger partial charge is 0.365 e. The van der Waals surface area contributed by atoms with Crippen molar-refractivity contribution in [3.05, 3.63) is 78.3 Å². The van der Waals surface area contributed by atoms with Gasteiger partial charge in [0.05, 0.1) is 24.6 Å². The molecule has 1 amide bonds. The Balaban J connectivity index is 1.53.